The van der Waals surface area contributed by atoms with Crippen LogP contribution in [-0.2, 0) is 32.1 Å². The first-order valence-electron chi connectivity index (χ1n) is 13.0. The number of carbonyl (C=O) groups excluding carboxylic acids is 2. The Kier molecular flexibility index (Phi) is 14.7. The average molecular weight is 716 g/mol. The van der Waals surface area contributed by atoms with Crippen LogP contribution in [0.25, 0.3) is 0 Å². The second kappa shape index (κ2) is 17.0. The summed E-state index contributed by atoms with van der Waals surface area (Å²) in [4.78, 5) is 49.1. The van der Waals surface area contributed by atoms with Gasteiger partial charge >= 0.3 is 24.3 Å². The van der Waals surface area contributed by atoms with Gasteiger partial charge in [0.25, 0.3) is 0 Å². The number of hydrogen-bond donors (Lipinski definition) is 5. The number of aliphatic carboxylic acids is 2. The zero-order valence-electron chi connectivity index (χ0n) is 24.2. The Hall–Kier alpha value is -3.93. The first-order valence-corrected chi connectivity index (χ1v) is 13.8. The van der Waals surface area contributed by atoms with Crippen LogP contribution in [0.1, 0.15) is 30.2 Å². The van der Waals surface area contributed by atoms with E-state index >= 15 is 0 Å². The minimum Gasteiger partial charge on any atom is -0.475 e. The zero-order chi connectivity index (χ0) is 34.7. The normalized spacial score (nSPS) is 16.7. The minimum atomic E-state index is -5.08. The van der Waals surface area contributed by atoms with Gasteiger partial charge in [-0.3, -0.25) is 9.59 Å². The third kappa shape index (κ3) is 13.7. The number of amides is 2. The molecule has 6 N–H and O–H groups in total. The fraction of sp³-hybridized carbons (Fsp3) is 0.444. The number of benzene rings is 1. The standard InChI is InChI=1S/C23H30BrN5O2.2C2HF3O2/c1-14-18(6-9-21(25)28-14)13-27-22(30)15(2)29(3)23(31)20-11-17(12-26-20)10-16-4-7-19(24)8-5-16;2*3-2(4,5)1(6)7/h4-9,15,17,20,26H,10-13H2,1-3H3,(H2,25,28)(H,27,30);2*(H,6,7)/t15-,17-,20+;;/m0../s1. The molecule has 2 amide bonds. The van der Waals surface area contributed by atoms with E-state index in [0.717, 1.165) is 35.1 Å². The summed E-state index contributed by atoms with van der Waals surface area (Å²) in [6, 6.07) is 11.0. The van der Waals surface area contributed by atoms with Gasteiger partial charge < -0.3 is 31.5 Å². The molecule has 1 aromatic carbocycles. The van der Waals surface area contributed by atoms with E-state index in [2.05, 4.69) is 43.7 Å². The number of likely N-dealkylation sites (N-methyl/N-ethyl adjacent to an activating group) is 1. The van der Waals surface area contributed by atoms with E-state index in [9.17, 15) is 35.9 Å². The predicted molar refractivity (Wildman–Crippen MR) is 153 cm³/mol. The molecule has 0 saturated carbocycles. The summed E-state index contributed by atoms with van der Waals surface area (Å²) in [5, 5.41) is 20.5. The van der Waals surface area contributed by atoms with Gasteiger partial charge in [0.2, 0.25) is 11.8 Å². The fourth-order valence-electron chi connectivity index (χ4n) is 3.85. The number of aromatic nitrogens is 1. The number of alkyl halides is 6. The van der Waals surface area contributed by atoms with Gasteiger partial charge in [0, 0.05) is 23.8 Å². The van der Waals surface area contributed by atoms with Crippen LogP contribution in [0.15, 0.2) is 40.9 Å². The summed E-state index contributed by atoms with van der Waals surface area (Å²) < 4.78 is 64.5. The molecule has 3 rings (SSSR count). The lowest BCUT2D eigenvalue weighted by molar-refractivity contribution is -0.193. The Morgan fingerprint density at radius 1 is 1.04 bits per heavy atom. The molecule has 18 heteroatoms. The monoisotopic (exact) mass is 715 g/mol. The Bertz CT molecular complexity index is 1300. The van der Waals surface area contributed by atoms with Crippen molar-refractivity contribution in [2.24, 2.45) is 5.92 Å². The highest BCUT2D eigenvalue weighted by Gasteiger charge is 2.39. The molecule has 0 unspecified atom stereocenters. The van der Waals surface area contributed by atoms with Crippen LogP contribution < -0.4 is 16.4 Å². The van der Waals surface area contributed by atoms with Crippen LogP contribution in [0.3, 0.4) is 0 Å². The van der Waals surface area contributed by atoms with Crippen LogP contribution in [-0.4, -0.2) is 81.9 Å². The van der Waals surface area contributed by atoms with Crippen molar-refractivity contribution in [3.8, 4) is 0 Å². The van der Waals surface area contributed by atoms with Crippen molar-refractivity contribution in [3.63, 3.8) is 0 Å². The Labute approximate surface area is 262 Å². The average Bonchev–Trinajstić information content (AvgIpc) is 3.40. The van der Waals surface area contributed by atoms with Gasteiger partial charge in [-0.25, -0.2) is 14.6 Å². The number of nitrogens with one attached hydrogen (secondary N) is 2. The third-order valence-corrected chi connectivity index (χ3v) is 6.95. The number of nitrogens with zero attached hydrogens (tertiary/aromatic N) is 2. The summed E-state index contributed by atoms with van der Waals surface area (Å²) in [7, 11) is 1.69. The van der Waals surface area contributed by atoms with E-state index in [1.54, 1.807) is 20.0 Å². The lowest BCUT2D eigenvalue weighted by Gasteiger charge is -2.27. The van der Waals surface area contributed by atoms with E-state index in [4.69, 9.17) is 25.5 Å². The van der Waals surface area contributed by atoms with Crippen LogP contribution in [0.4, 0.5) is 32.2 Å². The smallest absolute Gasteiger partial charge is 0.475 e. The number of carboxylic acids is 2. The molecule has 2 aromatic rings. The van der Waals surface area contributed by atoms with E-state index in [0.29, 0.717) is 18.3 Å². The summed E-state index contributed by atoms with van der Waals surface area (Å²) >= 11 is 3.46. The van der Waals surface area contributed by atoms with Crippen molar-refractivity contribution < 1.29 is 55.7 Å². The molecule has 45 heavy (non-hydrogen) atoms. The number of hydrogen-bond acceptors (Lipinski definition) is 7. The van der Waals surface area contributed by atoms with Crippen molar-refractivity contribution in [1.82, 2.24) is 20.5 Å². The second-order valence-electron chi connectivity index (χ2n) is 9.82. The molecule has 250 valence electrons. The summed E-state index contributed by atoms with van der Waals surface area (Å²) in [5.41, 5.74) is 8.62. The topological polar surface area (TPSA) is 175 Å². The number of aryl methyl sites for hydroxylation is 1. The molecule has 1 saturated heterocycles. The highest BCUT2D eigenvalue weighted by molar-refractivity contribution is 9.10. The maximum Gasteiger partial charge on any atom is 0.490 e. The van der Waals surface area contributed by atoms with Crippen molar-refractivity contribution in [2.45, 2.75) is 57.7 Å². The second-order valence-corrected chi connectivity index (χ2v) is 10.7. The van der Waals surface area contributed by atoms with Gasteiger partial charge in [0.1, 0.15) is 11.9 Å². The fourth-order valence-corrected chi connectivity index (χ4v) is 4.11. The minimum absolute atomic E-state index is 0.0497. The van der Waals surface area contributed by atoms with Gasteiger partial charge in [-0.15, -0.1) is 0 Å². The first-order chi connectivity index (χ1) is 20.6. The molecular formula is C27H32BrF6N5O6. The Morgan fingerprint density at radius 2 is 1.56 bits per heavy atom. The van der Waals surface area contributed by atoms with E-state index in [1.165, 1.54) is 10.5 Å². The van der Waals surface area contributed by atoms with Crippen molar-refractivity contribution in [2.75, 3.05) is 19.3 Å². The lowest BCUT2D eigenvalue weighted by atomic mass is 9.96. The number of halogens is 7. The van der Waals surface area contributed by atoms with Gasteiger partial charge in [-0.05, 0) is 68.5 Å². The molecular weight excluding hydrogens is 684 g/mol. The molecule has 1 aliphatic heterocycles. The zero-order valence-corrected chi connectivity index (χ0v) is 25.8. The van der Waals surface area contributed by atoms with Gasteiger partial charge in [0.05, 0.1) is 6.04 Å². The Balaban J connectivity index is 0.000000601. The summed E-state index contributed by atoms with van der Waals surface area (Å²) in [6.45, 7) is 4.74. The number of nitrogens with two attached hydrogens (primary N) is 1. The molecule has 1 aromatic heterocycles. The number of anilines is 1. The molecule has 1 fully saturated rings. The van der Waals surface area contributed by atoms with Crippen LogP contribution in [0.2, 0.25) is 0 Å². The molecule has 0 radical (unpaired) electrons. The summed E-state index contributed by atoms with van der Waals surface area (Å²) in [6.07, 6.45) is -8.47. The van der Waals surface area contributed by atoms with Crippen molar-refractivity contribution in [1.29, 1.82) is 0 Å². The molecule has 1 aliphatic rings. The van der Waals surface area contributed by atoms with Crippen LogP contribution in [0.5, 0.6) is 0 Å². The predicted octanol–water partition coefficient (Wildman–Crippen LogP) is 3.69. The van der Waals surface area contributed by atoms with Gasteiger partial charge in [-0.2, -0.15) is 26.3 Å². The maximum absolute atomic E-state index is 13.0. The molecule has 0 aliphatic carbocycles. The number of pyridine rings is 1. The molecule has 0 spiro atoms. The van der Waals surface area contributed by atoms with Gasteiger partial charge in [-0.1, -0.05) is 34.1 Å². The van der Waals surface area contributed by atoms with Gasteiger partial charge in [0.15, 0.2) is 0 Å². The summed E-state index contributed by atoms with van der Waals surface area (Å²) in [5.74, 6) is -4.91. The first kappa shape index (κ1) is 39.1. The Morgan fingerprint density at radius 3 is 2.02 bits per heavy atom. The van der Waals surface area contributed by atoms with Crippen molar-refractivity contribution in [3.05, 3.63) is 57.7 Å². The number of nitrogen functional groups attached to an aromatic ring is 1. The highest BCUT2D eigenvalue weighted by atomic mass is 79.9. The third-order valence-electron chi connectivity index (χ3n) is 6.42. The molecule has 3 atom stereocenters. The van der Waals surface area contributed by atoms with Crippen LogP contribution in [0, 0.1) is 12.8 Å². The van der Waals surface area contributed by atoms with E-state index in [1.807, 2.05) is 25.1 Å². The molecule has 2 heterocycles. The SMILES string of the molecule is Cc1nc(N)ccc1CNC(=O)[C@H](C)N(C)C(=O)[C@H]1C[C@H](Cc2ccc(Br)cc2)CN1.O=C(O)C(F)(F)F.O=C(O)C(F)(F)F. The van der Waals surface area contributed by atoms with E-state index < -0.39 is 30.3 Å². The number of carboxylic acid groups (broad SMARTS) is 2. The highest BCUT2D eigenvalue weighted by Crippen LogP contribution is 2.22. The molecule has 11 nitrogen and oxygen atoms in total. The largest absolute Gasteiger partial charge is 0.490 e. The quantitative estimate of drug-likeness (QED) is 0.268. The maximum atomic E-state index is 13.0. The number of carbonyl (C=O) groups is 4. The number of rotatable bonds is 7. The van der Waals surface area contributed by atoms with Crippen molar-refractivity contribution >= 4 is 45.5 Å². The lowest BCUT2D eigenvalue weighted by Crippen LogP contribution is -2.50. The van der Waals surface area contributed by atoms with Crippen LogP contribution >= 0.6 is 15.9 Å². The van der Waals surface area contributed by atoms with E-state index in [-0.39, 0.29) is 17.9 Å². The molecule has 0 bridgehead atoms.